The zero-order valence-electron chi connectivity index (χ0n) is 7.58. The highest BCUT2D eigenvalue weighted by Crippen LogP contribution is 2.28. The molecule has 1 aromatic rings. The highest BCUT2D eigenvalue weighted by Gasteiger charge is 2.19. The molecule has 0 aliphatic heterocycles. The molecule has 0 saturated carbocycles. The molecule has 1 rings (SSSR count). The standard InChI is InChI=1S/C7H7NO6S/c1-14-7-3-2-5(15(11,12)13)4-6(7)8(9)10/h2-4H,1H3,(H,11,12,13). The molecule has 0 radical (unpaired) electrons. The number of hydrogen-bond donors (Lipinski definition) is 1. The van der Waals surface area contributed by atoms with Gasteiger partial charge in [-0.15, -0.1) is 0 Å². The van der Waals surface area contributed by atoms with Gasteiger partial charge in [0.05, 0.1) is 12.0 Å². The van der Waals surface area contributed by atoms with E-state index in [-0.39, 0.29) is 5.75 Å². The van der Waals surface area contributed by atoms with Gasteiger partial charge in [-0.2, -0.15) is 8.42 Å². The Balaban J connectivity index is 3.42. The molecule has 0 amide bonds. The van der Waals surface area contributed by atoms with Crippen molar-refractivity contribution in [1.29, 1.82) is 0 Å². The summed E-state index contributed by atoms with van der Waals surface area (Å²) in [6, 6.07) is 2.84. The summed E-state index contributed by atoms with van der Waals surface area (Å²) in [5.74, 6) is -0.0765. The number of hydrogen-bond acceptors (Lipinski definition) is 5. The van der Waals surface area contributed by atoms with E-state index < -0.39 is 25.6 Å². The van der Waals surface area contributed by atoms with Gasteiger partial charge >= 0.3 is 5.69 Å². The third kappa shape index (κ3) is 2.42. The SMILES string of the molecule is COc1ccc(S(=O)(=O)O)cc1[N+](=O)[O-]. The number of methoxy groups -OCH3 is 1. The molecule has 7 nitrogen and oxygen atoms in total. The van der Waals surface area contributed by atoms with E-state index in [1.165, 1.54) is 7.11 Å². The van der Waals surface area contributed by atoms with Crippen LogP contribution in [0, 0.1) is 10.1 Å². The Labute approximate surface area is 85.2 Å². The van der Waals surface area contributed by atoms with Crippen LogP contribution >= 0.6 is 0 Å². The molecule has 1 aromatic carbocycles. The minimum Gasteiger partial charge on any atom is -0.490 e. The maximum Gasteiger partial charge on any atom is 0.312 e. The van der Waals surface area contributed by atoms with Crippen LogP contribution in [-0.2, 0) is 10.1 Å². The lowest BCUT2D eigenvalue weighted by Crippen LogP contribution is -2.00. The fourth-order valence-electron chi connectivity index (χ4n) is 0.973. The van der Waals surface area contributed by atoms with E-state index in [1.807, 2.05) is 0 Å². The summed E-state index contributed by atoms with van der Waals surface area (Å²) in [5.41, 5.74) is -0.521. The van der Waals surface area contributed by atoms with Crippen LogP contribution in [0.1, 0.15) is 0 Å². The number of nitro benzene ring substituents is 1. The molecule has 0 fully saturated rings. The number of ether oxygens (including phenoxy) is 1. The minimum atomic E-state index is -4.44. The Kier molecular flexibility index (Phi) is 2.91. The average molecular weight is 233 g/mol. The molecule has 0 bridgehead atoms. The normalized spacial score (nSPS) is 11.1. The second-order valence-electron chi connectivity index (χ2n) is 2.57. The first-order valence-electron chi connectivity index (χ1n) is 3.66. The lowest BCUT2D eigenvalue weighted by atomic mass is 10.3. The highest BCUT2D eigenvalue weighted by molar-refractivity contribution is 7.85. The van der Waals surface area contributed by atoms with E-state index in [2.05, 4.69) is 4.74 Å². The Morgan fingerprint density at radius 3 is 2.47 bits per heavy atom. The minimum absolute atomic E-state index is 0.0765. The van der Waals surface area contributed by atoms with Crippen molar-refractivity contribution in [2.45, 2.75) is 4.90 Å². The summed E-state index contributed by atoms with van der Waals surface area (Å²) < 4.78 is 34.7. The maximum absolute atomic E-state index is 10.7. The Morgan fingerprint density at radius 1 is 1.47 bits per heavy atom. The molecule has 15 heavy (non-hydrogen) atoms. The molecule has 0 spiro atoms. The van der Waals surface area contributed by atoms with E-state index in [1.54, 1.807) is 0 Å². The lowest BCUT2D eigenvalue weighted by molar-refractivity contribution is -0.386. The molecule has 0 aliphatic carbocycles. The summed E-state index contributed by atoms with van der Waals surface area (Å²) >= 11 is 0. The van der Waals surface area contributed by atoms with Crippen LogP contribution in [0.4, 0.5) is 5.69 Å². The molecule has 0 aromatic heterocycles. The van der Waals surface area contributed by atoms with Crippen molar-refractivity contribution < 1.29 is 22.6 Å². The van der Waals surface area contributed by atoms with Crippen LogP contribution < -0.4 is 4.74 Å². The van der Waals surface area contributed by atoms with Gasteiger partial charge in [0.2, 0.25) is 0 Å². The summed E-state index contributed by atoms with van der Waals surface area (Å²) in [6.45, 7) is 0. The predicted octanol–water partition coefficient (Wildman–Crippen LogP) is 0.850. The first-order valence-corrected chi connectivity index (χ1v) is 5.10. The van der Waals surface area contributed by atoms with Gasteiger partial charge in [-0.05, 0) is 12.1 Å². The molecule has 8 heteroatoms. The molecular weight excluding hydrogens is 226 g/mol. The third-order valence-electron chi connectivity index (χ3n) is 1.64. The van der Waals surface area contributed by atoms with Gasteiger partial charge in [-0.25, -0.2) is 0 Å². The second kappa shape index (κ2) is 3.83. The molecule has 0 unspecified atom stereocenters. The van der Waals surface area contributed by atoms with E-state index in [4.69, 9.17) is 4.55 Å². The number of rotatable bonds is 3. The Hall–Kier alpha value is -1.67. The van der Waals surface area contributed by atoms with Crippen molar-refractivity contribution in [3.63, 3.8) is 0 Å². The van der Waals surface area contributed by atoms with Gasteiger partial charge in [0, 0.05) is 6.07 Å². The fourth-order valence-corrected chi connectivity index (χ4v) is 1.47. The van der Waals surface area contributed by atoms with E-state index >= 15 is 0 Å². The van der Waals surface area contributed by atoms with Gasteiger partial charge < -0.3 is 4.74 Å². The Bertz CT molecular complexity index is 494. The van der Waals surface area contributed by atoms with Crippen molar-refractivity contribution in [2.75, 3.05) is 7.11 Å². The third-order valence-corrected chi connectivity index (χ3v) is 2.49. The molecule has 82 valence electrons. The average Bonchev–Trinajstić information content (AvgIpc) is 2.15. The van der Waals surface area contributed by atoms with E-state index in [0.717, 1.165) is 18.2 Å². The summed E-state index contributed by atoms with van der Waals surface area (Å²) in [7, 11) is -3.23. The van der Waals surface area contributed by atoms with E-state index in [0.29, 0.717) is 0 Å². The molecular formula is C7H7NO6S. The van der Waals surface area contributed by atoms with Crippen LogP contribution in [0.3, 0.4) is 0 Å². The lowest BCUT2D eigenvalue weighted by Gasteiger charge is -2.02. The van der Waals surface area contributed by atoms with Crippen LogP contribution in [0.25, 0.3) is 0 Å². The first-order chi connectivity index (χ1) is 6.86. The zero-order valence-corrected chi connectivity index (χ0v) is 8.39. The van der Waals surface area contributed by atoms with Crippen molar-refractivity contribution in [3.05, 3.63) is 28.3 Å². The number of nitro groups is 1. The summed E-state index contributed by atoms with van der Waals surface area (Å²) in [4.78, 5) is 9.16. The summed E-state index contributed by atoms with van der Waals surface area (Å²) in [5, 5.41) is 10.5. The van der Waals surface area contributed by atoms with Crippen LogP contribution in [0.2, 0.25) is 0 Å². The Morgan fingerprint density at radius 2 is 2.07 bits per heavy atom. The highest BCUT2D eigenvalue weighted by atomic mass is 32.2. The van der Waals surface area contributed by atoms with Crippen molar-refractivity contribution in [2.24, 2.45) is 0 Å². The predicted molar refractivity (Wildman–Crippen MR) is 49.5 cm³/mol. The van der Waals surface area contributed by atoms with Crippen molar-refractivity contribution >= 4 is 15.8 Å². The van der Waals surface area contributed by atoms with Crippen LogP contribution in [0.5, 0.6) is 5.75 Å². The van der Waals surface area contributed by atoms with Crippen LogP contribution in [0.15, 0.2) is 23.1 Å². The molecule has 0 heterocycles. The fraction of sp³-hybridized carbons (Fsp3) is 0.143. The van der Waals surface area contributed by atoms with Gasteiger partial charge in [0.25, 0.3) is 10.1 Å². The second-order valence-corrected chi connectivity index (χ2v) is 3.99. The van der Waals surface area contributed by atoms with Gasteiger partial charge in [-0.1, -0.05) is 0 Å². The van der Waals surface area contributed by atoms with Crippen molar-refractivity contribution in [1.82, 2.24) is 0 Å². The van der Waals surface area contributed by atoms with Crippen molar-refractivity contribution in [3.8, 4) is 5.75 Å². The first kappa shape index (κ1) is 11.4. The zero-order chi connectivity index (χ0) is 11.6. The summed E-state index contributed by atoms with van der Waals surface area (Å²) in [6.07, 6.45) is 0. The van der Waals surface area contributed by atoms with Gasteiger partial charge in [0.1, 0.15) is 4.90 Å². The molecule has 0 aliphatic rings. The molecule has 1 N–H and O–H groups in total. The van der Waals surface area contributed by atoms with E-state index in [9.17, 15) is 18.5 Å². The van der Waals surface area contributed by atoms with Gasteiger partial charge in [-0.3, -0.25) is 14.7 Å². The molecule has 0 atom stereocenters. The monoisotopic (exact) mass is 233 g/mol. The smallest absolute Gasteiger partial charge is 0.312 e. The number of nitrogens with zero attached hydrogens (tertiary/aromatic N) is 1. The van der Waals surface area contributed by atoms with Crippen LogP contribution in [-0.4, -0.2) is 25.0 Å². The topological polar surface area (TPSA) is 107 Å². The largest absolute Gasteiger partial charge is 0.490 e. The number of benzene rings is 1. The molecule has 0 saturated heterocycles. The quantitative estimate of drug-likeness (QED) is 0.471. The maximum atomic E-state index is 10.7. The van der Waals surface area contributed by atoms with Gasteiger partial charge in [0.15, 0.2) is 5.75 Å².